The molecule has 1 atom stereocenters. The molecule has 15 nitrogen and oxygen atoms in total. The second-order valence-electron chi connectivity index (χ2n) is 13.3. The Morgan fingerprint density at radius 1 is 0.982 bits per heavy atom. The minimum atomic E-state index is -1.05. The Kier molecular flexibility index (Phi) is 11.5. The first-order valence-corrected chi connectivity index (χ1v) is 18.6. The number of carbonyl (C=O) groups excluding carboxylic acids is 5. The number of hydrogen-bond acceptors (Lipinski definition) is 12. The van der Waals surface area contributed by atoms with Crippen LogP contribution in [0.5, 0.6) is 11.5 Å². The van der Waals surface area contributed by atoms with Gasteiger partial charge in [-0.3, -0.25) is 34.2 Å². The fourth-order valence-electron chi connectivity index (χ4n) is 6.91. The molecule has 2 fully saturated rings. The average molecular weight is 809 g/mol. The van der Waals surface area contributed by atoms with E-state index in [1.807, 2.05) is 0 Å². The predicted molar refractivity (Wildman–Crippen MR) is 203 cm³/mol. The maximum absolute atomic E-state index is 14.8. The molecule has 2 saturated heterocycles. The van der Waals surface area contributed by atoms with Crippen molar-refractivity contribution in [3.05, 3.63) is 75.8 Å². The van der Waals surface area contributed by atoms with Gasteiger partial charge in [-0.1, -0.05) is 29.3 Å². The van der Waals surface area contributed by atoms with Crippen molar-refractivity contribution >= 4 is 80.8 Å². The van der Waals surface area contributed by atoms with Crippen LogP contribution in [0.15, 0.2) is 48.8 Å². The molecule has 0 spiro atoms. The molecular formula is C38H36Cl2FN7O8. The van der Waals surface area contributed by atoms with Crippen molar-refractivity contribution in [1.82, 2.24) is 25.1 Å². The van der Waals surface area contributed by atoms with E-state index in [4.69, 9.17) is 37.4 Å². The third-order valence-electron chi connectivity index (χ3n) is 9.79. The number of aromatic nitrogens is 2. The Hall–Kier alpha value is -5.58. The number of amides is 5. The van der Waals surface area contributed by atoms with Gasteiger partial charge in [0.1, 0.15) is 24.3 Å². The third-order valence-corrected chi connectivity index (χ3v) is 10.6. The Labute approximate surface area is 329 Å². The number of methoxy groups -OCH3 is 1. The van der Waals surface area contributed by atoms with E-state index in [-0.39, 0.29) is 71.3 Å². The zero-order valence-corrected chi connectivity index (χ0v) is 31.5. The summed E-state index contributed by atoms with van der Waals surface area (Å²) in [5.74, 6) is -1.84. The highest BCUT2D eigenvalue weighted by molar-refractivity contribution is 6.42. The number of carbonyl (C=O) groups is 5. The van der Waals surface area contributed by atoms with Crippen LogP contribution < -0.4 is 25.4 Å². The minimum Gasteiger partial charge on any atom is -0.493 e. The van der Waals surface area contributed by atoms with Crippen LogP contribution >= 0.6 is 23.2 Å². The number of ether oxygens (including phenoxy) is 3. The van der Waals surface area contributed by atoms with E-state index in [2.05, 4.69) is 25.9 Å². The lowest BCUT2D eigenvalue weighted by molar-refractivity contribution is -0.136. The predicted octanol–water partition coefficient (Wildman–Crippen LogP) is 5.12. The maximum Gasteiger partial charge on any atom is 0.264 e. The number of hydrogen-bond donors (Lipinski definition) is 3. The van der Waals surface area contributed by atoms with Crippen molar-refractivity contribution in [2.75, 3.05) is 50.6 Å². The first-order valence-electron chi connectivity index (χ1n) is 17.9. The smallest absolute Gasteiger partial charge is 0.264 e. The lowest BCUT2D eigenvalue weighted by Gasteiger charge is -2.32. The van der Waals surface area contributed by atoms with Gasteiger partial charge in [-0.15, -0.1) is 0 Å². The van der Waals surface area contributed by atoms with Gasteiger partial charge in [-0.25, -0.2) is 14.4 Å². The van der Waals surface area contributed by atoms with E-state index in [0.717, 1.165) is 4.90 Å². The summed E-state index contributed by atoms with van der Waals surface area (Å²) in [6, 6.07) is 10.2. The van der Waals surface area contributed by atoms with E-state index in [0.29, 0.717) is 66.4 Å². The van der Waals surface area contributed by atoms with Crippen molar-refractivity contribution in [3.63, 3.8) is 0 Å². The lowest BCUT2D eigenvalue weighted by atomic mass is 10.0. The van der Waals surface area contributed by atoms with Crippen LogP contribution in [0.3, 0.4) is 0 Å². The number of rotatable bonds is 13. The van der Waals surface area contributed by atoms with E-state index in [1.165, 1.54) is 31.6 Å². The van der Waals surface area contributed by atoms with Crippen LogP contribution in [-0.4, -0.2) is 101 Å². The molecule has 1 unspecified atom stereocenters. The number of anilines is 3. The molecule has 3 N–H and O–H groups in total. The van der Waals surface area contributed by atoms with Gasteiger partial charge >= 0.3 is 0 Å². The van der Waals surface area contributed by atoms with Crippen molar-refractivity contribution in [1.29, 1.82) is 0 Å². The molecule has 0 radical (unpaired) electrons. The van der Waals surface area contributed by atoms with Gasteiger partial charge < -0.3 is 29.7 Å². The van der Waals surface area contributed by atoms with Crippen molar-refractivity contribution in [3.8, 4) is 11.5 Å². The Morgan fingerprint density at radius 3 is 2.55 bits per heavy atom. The molecule has 3 aliphatic rings. The highest BCUT2D eigenvalue weighted by Gasteiger charge is 2.45. The minimum absolute atomic E-state index is 0.0364. The standard InChI is InChI=1S/C38H36Cl2FN7O8/c1-54-28-18-26-22(35(44-19-43-26)45-25-6-5-23(39)33(40)34(25)41)17-29(28)56-20-9-13-47(14-10-20)31(50)11-15-55-16-12-42-24-4-2-3-21-32(24)38(53)48(37(21)52)27-7-8-30(49)46-36(27)51/h2-6,17-20,27,42H,7-16H2,1H3,(H,43,44,45)(H,46,49,51). The highest BCUT2D eigenvalue weighted by atomic mass is 35.5. The van der Waals surface area contributed by atoms with Crippen molar-refractivity contribution < 1.29 is 42.6 Å². The van der Waals surface area contributed by atoms with Crippen LogP contribution in [0.4, 0.5) is 21.6 Å². The molecule has 5 amide bonds. The summed E-state index contributed by atoms with van der Waals surface area (Å²) in [7, 11) is 1.52. The van der Waals surface area contributed by atoms with E-state index < -0.39 is 35.5 Å². The number of likely N-dealkylation sites (tertiary alicyclic amines) is 1. The van der Waals surface area contributed by atoms with Crippen molar-refractivity contribution in [2.45, 2.75) is 44.2 Å². The monoisotopic (exact) mass is 807 g/mol. The molecule has 7 rings (SSSR count). The van der Waals surface area contributed by atoms with Gasteiger partial charge in [0.2, 0.25) is 17.7 Å². The molecule has 3 aromatic carbocycles. The summed E-state index contributed by atoms with van der Waals surface area (Å²) >= 11 is 11.9. The van der Waals surface area contributed by atoms with E-state index in [9.17, 15) is 28.4 Å². The summed E-state index contributed by atoms with van der Waals surface area (Å²) in [5, 5.41) is 8.71. The number of imide groups is 2. The first-order chi connectivity index (χ1) is 27.0. The molecule has 18 heteroatoms. The quantitative estimate of drug-likeness (QED) is 0.0924. The molecule has 56 heavy (non-hydrogen) atoms. The van der Waals surface area contributed by atoms with Crippen LogP contribution in [0, 0.1) is 5.82 Å². The van der Waals surface area contributed by atoms with Gasteiger partial charge in [0, 0.05) is 56.0 Å². The fraction of sp³-hybridized carbons (Fsp3) is 0.342. The number of piperidine rings is 2. The molecular weight excluding hydrogens is 772 g/mol. The SMILES string of the molecule is COc1cc2ncnc(Nc3ccc(Cl)c(Cl)c3F)c2cc1OC1CCN(C(=O)CCOCCNc2cccc3c2C(=O)N(C2CCC(=O)NC2=O)C3=O)CC1. The lowest BCUT2D eigenvalue weighted by Crippen LogP contribution is -2.54. The van der Waals surface area contributed by atoms with Crippen LogP contribution in [0.25, 0.3) is 10.9 Å². The molecule has 4 heterocycles. The number of nitrogens with zero attached hydrogens (tertiary/aromatic N) is 4. The zero-order valence-electron chi connectivity index (χ0n) is 30.0. The molecule has 1 aromatic heterocycles. The van der Waals surface area contributed by atoms with Crippen LogP contribution in [0.1, 0.15) is 52.8 Å². The molecule has 0 bridgehead atoms. The van der Waals surface area contributed by atoms with Crippen molar-refractivity contribution in [2.24, 2.45) is 0 Å². The second-order valence-corrected chi connectivity index (χ2v) is 14.0. The number of benzene rings is 3. The topological polar surface area (TPSA) is 181 Å². The summed E-state index contributed by atoms with van der Waals surface area (Å²) in [6.45, 7) is 1.67. The Morgan fingerprint density at radius 2 is 1.79 bits per heavy atom. The number of halogens is 3. The second kappa shape index (κ2) is 16.6. The Balaban J connectivity index is 0.874. The molecule has 4 aromatic rings. The average Bonchev–Trinajstić information content (AvgIpc) is 3.45. The molecule has 3 aliphatic heterocycles. The molecule has 292 valence electrons. The molecule has 0 aliphatic carbocycles. The fourth-order valence-corrected chi connectivity index (χ4v) is 7.22. The summed E-state index contributed by atoms with van der Waals surface area (Å²) in [6.07, 6.45) is 2.57. The normalized spacial score (nSPS) is 17.2. The maximum atomic E-state index is 14.8. The summed E-state index contributed by atoms with van der Waals surface area (Å²) in [5.41, 5.74) is 1.39. The number of nitrogens with one attached hydrogen (secondary N) is 3. The first kappa shape index (κ1) is 38.7. The van der Waals surface area contributed by atoms with Gasteiger partial charge in [-0.2, -0.15) is 0 Å². The zero-order chi connectivity index (χ0) is 39.5. The van der Waals surface area contributed by atoms with Gasteiger partial charge in [0.15, 0.2) is 17.3 Å². The van der Waals surface area contributed by atoms with E-state index >= 15 is 0 Å². The van der Waals surface area contributed by atoms with Gasteiger partial charge in [0.05, 0.1) is 59.1 Å². The number of fused-ring (bicyclic) bond motifs is 2. The largest absolute Gasteiger partial charge is 0.493 e. The molecule has 0 saturated carbocycles. The van der Waals surface area contributed by atoms with E-state index in [1.54, 1.807) is 29.2 Å². The summed E-state index contributed by atoms with van der Waals surface area (Å²) < 4.78 is 32.5. The van der Waals surface area contributed by atoms with Gasteiger partial charge in [0.25, 0.3) is 11.8 Å². The van der Waals surface area contributed by atoms with Crippen LogP contribution in [0.2, 0.25) is 10.0 Å². The third kappa shape index (κ3) is 7.90. The van der Waals surface area contributed by atoms with Gasteiger partial charge in [-0.05, 0) is 36.8 Å². The highest BCUT2D eigenvalue weighted by Crippen LogP contribution is 2.38. The van der Waals surface area contributed by atoms with Crippen LogP contribution in [-0.2, 0) is 19.1 Å². The summed E-state index contributed by atoms with van der Waals surface area (Å²) in [4.78, 5) is 74.6. The Bertz CT molecular complexity index is 2240.